The molecule has 3 aromatic rings. The number of hydrogen-bond acceptors (Lipinski definition) is 5. The Bertz CT molecular complexity index is 1310. The molecule has 178 valence electrons. The molecule has 0 aromatic heterocycles. The molecule has 1 unspecified atom stereocenters. The van der Waals surface area contributed by atoms with Crippen LogP contribution in [0.1, 0.15) is 28.3 Å². The van der Waals surface area contributed by atoms with Gasteiger partial charge in [-0.2, -0.15) is 0 Å². The highest BCUT2D eigenvalue weighted by atomic mass is 16.4. The van der Waals surface area contributed by atoms with Crippen LogP contribution < -0.4 is 9.80 Å². The van der Waals surface area contributed by atoms with E-state index < -0.39 is 23.7 Å². The zero-order chi connectivity index (χ0) is 25.3. The van der Waals surface area contributed by atoms with E-state index in [-0.39, 0.29) is 17.8 Å². The molecule has 1 aliphatic heterocycles. The lowest BCUT2D eigenvalue weighted by atomic mass is 9.94. The topological polar surface area (TPSA) is 98.2 Å². The molecule has 35 heavy (non-hydrogen) atoms. The van der Waals surface area contributed by atoms with Gasteiger partial charge in [0.2, 0.25) is 0 Å². The molecule has 0 radical (unpaired) electrons. The van der Waals surface area contributed by atoms with Crippen molar-refractivity contribution in [1.29, 1.82) is 0 Å². The van der Waals surface area contributed by atoms with Gasteiger partial charge in [0.05, 0.1) is 18.0 Å². The van der Waals surface area contributed by atoms with Gasteiger partial charge in [0, 0.05) is 31.0 Å². The summed E-state index contributed by atoms with van der Waals surface area (Å²) in [5, 5.41) is 20.2. The number of benzene rings is 3. The van der Waals surface area contributed by atoms with Crippen molar-refractivity contribution in [2.75, 3.05) is 23.9 Å². The molecule has 1 aliphatic rings. The third kappa shape index (κ3) is 4.66. The first kappa shape index (κ1) is 23.8. The fourth-order valence-electron chi connectivity index (χ4n) is 4.18. The van der Waals surface area contributed by atoms with Crippen LogP contribution in [0.2, 0.25) is 0 Å². The molecule has 0 aliphatic carbocycles. The summed E-state index contributed by atoms with van der Waals surface area (Å²) in [6.07, 6.45) is -0.151. The number of carbonyl (C=O) groups excluding carboxylic acids is 2. The number of rotatable bonds is 6. The summed E-state index contributed by atoms with van der Waals surface area (Å²) in [5.74, 6) is -2.74. The molecular formula is C28H26N2O5. The third-order valence-corrected chi connectivity index (χ3v) is 6.06. The quantitative estimate of drug-likeness (QED) is 0.316. The Morgan fingerprint density at radius 1 is 0.886 bits per heavy atom. The van der Waals surface area contributed by atoms with Gasteiger partial charge in [-0.3, -0.25) is 19.3 Å². The van der Waals surface area contributed by atoms with Crippen LogP contribution >= 0.6 is 0 Å². The predicted octanol–water partition coefficient (Wildman–Crippen LogP) is 4.31. The molecule has 7 heteroatoms. The summed E-state index contributed by atoms with van der Waals surface area (Å²) >= 11 is 0. The molecule has 1 heterocycles. The fourth-order valence-corrected chi connectivity index (χ4v) is 4.18. The van der Waals surface area contributed by atoms with Gasteiger partial charge in [0.25, 0.3) is 11.7 Å². The molecule has 1 atom stereocenters. The number of aryl methyl sites for hydroxylation is 1. The number of carbonyl (C=O) groups is 3. The summed E-state index contributed by atoms with van der Waals surface area (Å²) in [6.45, 7) is 1.92. The number of nitrogens with zero attached hydrogens (tertiary/aromatic N) is 2. The fraction of sp³-hybridized carbons (Fsp3) is 0.179. The number of anilines is 2. The molecule has 4 rings (SSSR count). The van der Waals surface area contributed by atoms with Crippen molar-refractivity contribution in [2.45, 2.75) is 19.4 Å². The van der Waals surface area contributed by atoms with E-state index >= 15 is 0 Å². The van der Waals surface area contributed by atoms with Gasteiger partial charge >= 0.3 is 5.97 Å². The summed E-state index contributed by atoms with van der Waals surface area (Å²) < 4.78 is 0. The number of carboxylic acids is 1. The van der Waals surface area contributed by atoms with Crippen LogP contribution in [0.15, 0.2) is 78.4 Å². The predicted molar refractivity (Wildman–Crippen MR) is 135 cm³/mol. The van der Waals surface area contributed by atoms with Gasteiger partial charge in [0.15, 0.2) is 0 Å². The summed E-state index contributed by atoms with van der Waals surface area (Å²) in [7, 11) is 3.83. The lowest BCUT2D eigenvalue weighted by Gasteiger charge is -2.26. The highest BCUT2D eigenvalue weighted by Gasteiger charge is 2.47. The molecule has 1 amide bonds. The first-order valence-electron chi connectivity index (χ1n) is 11.1. The Kier molecular flexibility index (Phi) is 6.42. The minimum atomic E-state index is -0.961. The van der Waals surface area contributed by atoms with E-state index in [9.17, 15) is 19.5 Å². The minimum absolute atomic E-state index is 0.00562. The lowest BCUT2D eigenvalue weighted by Crippen LogP contribution is -2.29. The maximum Gasteiger partial charge on any atom is 0.307 e. The summed E-state index contributed by atoms with van der Waals surface area (Å²) in [6, 6.07) is 20.2. The standard InChI is InChI=1S/C28H26N2O5/c1-17-4-8-20(9-5-17)26(33)24-25(19-10-14-21(15-11-19)29(2)3)30(28(35)27(24)34)22-12-6-18(7-13-22)16-23(31)32/h4-15,25,33H,16H2,1-3H3,(H,31,32)/b26-24-. The second-order valence-corrected chi connectivity index (χ2v) is 8.76. The van der Waals surface area contributed by atoms with Crippen LogP contribution in [0.3, 0.4) is 0 Å². The van der Waals surface area contributed by atoms with Gasteiger partial charge in [0.1, 0.15) is 5.76 Å². The van der Waals surface area contributed by atoms with E-state index in [2.05, 4.69) is 0 Å². The molecule has 0 saturated carbocycles. The average molecular weight is 471 g/mol. The Hall–Kier alpha value is -4.39. The van der Waals surface area contributed by atoms with Gasteiger partial charge in [-0.05, 0) is 42.3 Å². The number of hydrogen-bond donors (Lipinski definition) is 2. The molecule has 1 saturated heterocycles. The maximum atomic E-state index is 13.3. The number of Topliss-reactive ketones (excluding diaryl/α,β-unsaturated/α-hetero) is 1. The van der Waals surface area contributed by atoms with Gasteiger partial charge in [-0.1, -0.05) is 54.1 Å². The second kappa shape index (κ2) is 9.46. The van der Waals surface area contributed by atoms with Crippen molar-refractivity contribution in [3.63, 3.8) is 0 Å². The van der Waals surface area contributed by atoms with E-state index in [1.54, 1.807) is 36.4 Å². The smallest absolute Gasteiger partial charge is 0.307 e. The zero-order valence-corrected chi connectivity index (χ0v) is 19.7. The van der Waals surface area contributed by atoms with Gasteiger partial charge < -0.3 is 15.1 Å². The van der Waals surface area contributed by atoms with Crippen LogP contribution in [0.4, 0.5) is 11.4 Å². The number of aliphatic carboxylic acids is 1. The Morgan fingerprint density at radius 2 is 1.49 bits per heavy atom. The van der Waals surface area contributed by atoms with E-state index in [4.69, 9.17) is 5.11 Å². The minimum Gasteiger partial charge on any atom is -0.507 e. The average Bonchev–Trinajstić information content (AvgIpc) is 3.10. The van der Waals surface area contributed by atoms with Crippen molar-refractivity contribution in [3.8, 4) is 0 Å². The highest BCUT2D eigenvalue weighted by molar-refractivity contribution is 6.51. The number of aliphatic hydroxyl groups is 1. The molecular weight excluding hydrogens is 444 g/mol. The Balaban J connectivity index is 1.87. The van der Waals surface area contributed by atoms with Crippen LogP contribution in [0.25, 0.3) is 5.76 Å². The van der Waals surface area contributed by atoms with E-state index in [0.717, 1.165) is 11.3 Å². The van der Waals surface area contributed by atoms with Gasteiger partial charge in [-0.15, -0.1) is 0 Å². The largest absolute Gasteiger partial charge is 0.507 e. The summed E-state index contributed by atoms with van der Waals surface area (Å²) in [4.78, 5) is 40.8. The third-order valence-electron chi connectivity index (χ3n) is 6.06. The van der Waals surface area contributed by atoms with Crippen molar-refractivity contribution < 1.29 is 24.6 Å². The highest BCUT2D eigenvalue weighted by Crippen LogP contribution is 2.42. The molecule has 7 nitrogen and oxygen atoms in total. The number of aliphatic hydroxyl groups excluding tert-OH is 1. The maximum absolute atomic E-state index is 13.3. The van der Waals surface area contributed by atoms with E-state index in [1.807, 2.05) is 62.3 Å². The first-order valence-corrected chi connectivity index (χ1v) is 11.1. The van der Waals surface area contributed by atoms with Gasteiger partial charge in [-0.25, -0.2) is 0 Å². The van der Waals surface area contributed by atoms with Crippen molar-refractivity contribution in [2.24, 2.45) is 0 Å². The zero-order valence-electron chi connectivity index (χ0n) is 19.7. The molecule has 1 fully saturated rings. The lowest BCUT2D eigenvalue weighted by molar-refractivity contribution is -0.136. The molecule has 3 aromatic carbocycles. The monoisotopic (exact) mass is 470 g/mol. The Morgan fingerprint density at radius 3 is 2.03 bits per heavy atom. The number of ketones is 1. The SMILES string of the molecule is Cc1ccc(/C(O)=C2/C(=O)C(=O)N(c3ccc(CC(=O)O)cc3)C2c2ccc(N(C)C)cc2)cc1. The summed E-state index contributed by atoms with van der Waals surface area (Å²) in [5.41, 5.74) is 4.07. The Labute approximate surface area is 203 Å². The van der Waals surface area contributed by atoms with Crippen molar-refractivity contribution in [3.05, 3.63) is 101 Å². The van der Waals surface area contributed by atoms with Crippen LogP contribution in [0.5, 0.6) is 0 Å². The normalized spacial score (nSPS) is 17.0. The van der Waals surface area contributed by atoms with Crippen molar-refractivity contribution in [1.82, 2.24) is 0 Å². The molecule has 2 N–H and O–H groups in total. The van der Waals surface area contributed by atoms with Crippen LogP contribution in [-0.2, 0) is 20.8 Å². The number of amides is 1. The molecule has 0 bridgehead atoms. The van der Waals surface area contributed by atoms with Crippen molar-refractivity contribution >= 4 is 34.8 Å². The first-order chi connectivity index (χ1) is 16.7. The van der Waals surface area contributed by atoms with E-state index in [0.29, 0.717) is 22.4 Å². The van der Waals surface area contributed by atoms with Crippen LogP contribution in [-0.4, -0.2) is 42.0 Å². The molecule has 0 spiro atoms. The number of carboxylic acid groups (broad SMARTS) is 1. The van der Waals surface area contributed by atoms with Crippen LogP contribution in [0, 0.1) is 6.92 Å². The van der Waals surface area contributed by atoms with E-state index in [1.165, 1.54) is 4.90 Å². The second-order valence-electron chi connectivity index (χ2n) is 8.76.